The van der Waals surface area contributed by atoms with Gasteiger partial charge < -0.3 is 15.0 Å². The maximum absolute atomic E-state index is 13.9. The van der Waals surface area contributed by atoms with Crippen molar-refractivity contribution in [3.05, 3.63) is 71.3 Å². The average molecular weight is 421 g/mol. The van der Waals surface area contributed by atoms with E-state index in [-0.39, 0.29) is 23.8 Å². The van der Waals surface area contributed by atoms with Crippen LogP contribution in [0.15, 0.2) is 54.6 Å². The molecule has 5 nitrogen and oxygen atoms in total. The monoisotopic (exact) mass is 420 g/mol. The maximum atomic E-state index is 13.9. The van der Waals surface area contributed by atoms with Gasteiger partial charge in [-0.2, -0.15) is 0 Å². The number of carbonyl (C=O) groups is 2. The highest BCUT2D eigenvalue weighted by Crippen LogP contribution is 2.49. The number of methoxy groups -OCH3 is 1. The lowest BCUT2D eigenvalue weighted by atomic mass is 9.65. The summed E-state index contributed by atoms with van der Waals surface area (Å²) in [4.78, 5) is 29.4. The molecule has 5 heteroatoms. The molecule has 164 valence electrons. The summed E-state index contributed by atoms with van der Waals surface area (Å²) in [7, 11) is 1.65. The molecule has 2 aromatic rings. The Morgan fingerprint density at radius 3 is 2.48 bits per heavy atom. The van der Waals surface area contributed by atoms with E-state index in [1.807, 2.05) is 66.4 Å². The van der Waals surface area contributed by atoms with Gasteiger partial charge in [-0.25, -0.2) is 0 Å². The van der Waals surface area contributed by atoms with Crippen molar-refractivity contribution >= 4 is 11.8 Å². The Morgan fingerprint density at radius 1 is 1.10 bits per heavy atom. The molecule has 0 bridgehead atoms. The van der Waals surface area contributed by atoms with Crippen molar-refractivity contribution < 1.29 is 14.3 Å². The van der Waals surface area contributed by atoms with Gasteiger partial charge in [-0.15, -0.1) is 0 Å². The van der Waals surface area contributed by atoms with Gasteiger partial charge in [0.25, 0.3) is 5.91 Å². The van der Waals surface area contributed by atoms with E-state index in [0.717, 1.165) is 43.2 Å². The van der Waals surface area contributed by atoms with Gasteiger partial charge in [0.15, 0.2) is 0 Å². The van der Waals surface area contributed by atoms with E-state index in [1.54, 1.807) is 7.11 Å². The summed E-state index contributed by atoms with van der Waals surface area (Å²) < 4.78 is 5.34. The van der Waals surface area contributed by atoms with E-state index in [9.17, 15) is 9.59 Å². The van der Waals surface area contributed by atoms with Gasteiger partial charge in [0, 0.05) is 19.2 Å². The van der Waals surface area contributed by atoms with Crippen molar-refractivity contribution in [1.82, 2.24) is 10.2 Å². The van der Waals surface area contributed by atoms with Crippen LogP contribution in [0, 0.1) is 0 Å². The van der Waals surface area contributed by atoms with Gasteiger partial charge in [0.05, 0.1) is 24.1 Å². The number of carbonyl (C=O) groups excluding carboxylic acids is 2. The summed E-state index contributed by atoms with van der Waals surface area (Å²) in [6, 6.07) is 17.6. The summed E-state index contributed by atoms with van der Waals surface area (Å²) in [6.45, 7) is 2.98. The molecule has 4 rings (SSSR count). The number of amides is 2. The van der Waals surface area contributed by atoms with Crippen LogP contribution in [0.4, 0.5) is 0 Å². The first-order valence-corrected chi connectivity index (χ1v) is 11.3. The predicted octanol–water partition coefficient (Wildman–Crippen LogP) is 4.45. The summed E-state index contributed by atoms with van der Waals surface area (Å²) in [6.07, 6.45) is 4.88. The van der Waals surface area contributed by atoms with Crippen molar-refractivity contribution in [3.8, 4) is 0 Å². The van der Waals surface area contributed by atoms with Crippen LogP contribution >= 0.6 is 0 Å². The molecular weight excluding hydrogens is 388 g/mol. The fourth-order valence-electron chi connectivity index (χ4n) is 5.47. The Hall–Kier alpha value is -2.66. The molecule has 1 aliphatic carbocycles. The van der Waals surface area contributed by atoms with Gasteiger partial charge >= 0.3 is 0 Å². The average Bonchev–Trinajstić information content (AvgIpc) is 2.80. The van der Waals surface area contributed by atoms with Crippen molar-refractivity contribution in [2.24, 2.45) is 0 Å². The third-order valence-electron chi connectivity index (χ3n) is 6.98. The van der Waals surface area contributed by atoms with Crippen molar-refractivity contribution in [3.63, 3.8) is 0 Å². The van der Waals surface area contributed by atoms with Crippen LogP contribution < -0.4 is 5.32 Å². The van der Waals surface area contributed by atoms with Crippen LogP contribution in [0.25, 0.3) is 0 Å². The van der Waals surface area contributed by atoms with Gasteiger partial charge in [0.1, 0.15) is 0 Å². The molecule has 1 saturated carbocycles. The molecule has 2 atom stereocenters. The molecule has 0 aromatic heterocycles. The summed E-state index contributed by atoms with van der Waals surface area (Å²) in [5.41, 5.74) is 2.08. The number of nitrogens with one attached hydrogen (secondary N) is 1. The van der Waals surface area contributed by atoms with Gasteiger partial charge in [-0.1, -0.05) is 67.8 Å². The van der Waals surface area contributed by atoms with E-state index in [2.05, 4.69) is 5.32 Å². The summed E-state index contributed by atoms with van der Waals surface area (Å²) in [5.74, 6) is -0.361. The lowest BCUT2D eigenvalue weighted by Gasteiger charge is -2.53. The lowest BCUT2D eigenvalue weighted by molar-refractivity contribution is -0.128. The number of nitrogens with zero attached hydrogens (tertiary/aromatic N) is 1. The van der Waals surface area contributed by atoms with Crippen LogP contribution in [0.1, 0.15) is 72.5 Å². The normalized spacial score (nSPS) is 20.9. The molecule has 2 aromatic carbocycles. The summed E-state index contributed by atoms with van der Waals surface area (Å²) in [5, 5.41) is 3.26. The Balaban J connectivity index is 1.75. The first kappa shape index (κ1) is 21.6. The van der Waals surface area contributed by atoms with Crippen LogP contribution in [0.5, 0.6) is 0 Å². The van der Waals surface area contributed by atoms with Crippen molar-refractivity contribution in [1.29, 1.82) is 0 Å². The Kier molecular flexibility index (Phi) is 6.42. The molecule has 0 unspecified atom stereocenters. The highest BCUT2D eigenvalue weighted by atomic mass is 16.5. The number of hydrogen-bond acceptors (Lipinski definition) is 3. The summed E-state index contributed by atoms with van der Waals surface area (Å²) >= 11 is 0. The Morgan fingerprint density at radius 2 is 1.77 bits per heavy atom. The second-order valence-electron chi connectivity index (χ2n) is 8.78. The quantitative estimate of drug-likeness (QED) is 0.751. The fourth-order valence-corrected chi connectivity index (χ4v) is 5.47. The van der Waals surface area contributed by atoms with Crippen LogP contribution in [-0.4, -0.2) is 42.5 Å². The molecule has 2 aliphatic rings. The first-order chi connectivity index (χ1) is 15.1. The number of ether oxygens (including phenoxy) is 1. The smallest absolute Gasteiger partial charge is 0.254 e. The molecule has 1 N–H and O–H groups in total. The predicted molar refractivity (Wildman–Crippen MR) is 121 cm³/mol. The zero-order valence-corrected chi connectivity index (χ0v) is 18.5. The van der Waals surface area contributed by atoms with Gasteiger partial charge in [-0.05, 0) is 37.0 Å². The van der Waals surface area contributed by atoms with E-state index < -0.39 is 5.54 Å². The van der Waals surface area contributed by atoms with Crippen LogP contribution in [-0.2, 0) is 9.53 Å². The van der Waals surface area contributed by atoms with Crippen LogP contribution in [0.2, 0.25) is 0 Å². The molecule has 1 fully saturated rings. The van der Waals surface area contributed by atoms with Crippen LogP contribution in [0.3, 0.4) is 0 Å². The zero-order chi connectivity index (χ0) is 21.8. The SMILES string of the molecule is COCCN1C(=O)c2ccccc2[C@@H](C(=O)N[C@@H](C)c2ccccc2)C12CCCCC2. The van der Waals surface area contributed by atoms with E-state index >= 15 is 0 Å². The van der Waals surface area contributed by atoms with E-state index in [0.29, 0.717) is 18.7 Å². The fraction of sp³-hybridized carbons (Fsp3) is 0.462. The number of hydrogen-bond donors (Lipinski definition) is 1. The van der Waals surface area contributed by atoms with Gasteiger partial charge in [0.2, 0.25) is 5.91 Å². The van der Waals surface area contributed by atoms with Gasteiger partial charge in [-0.3, -0.25) is 9.59 Å². The molecule has 2 amide bonds. The minimum absolute atomic E-state index is 0.000574. The molecule has 1 spiro atoms. The van der Waals surface area contributed by atoms with E-state index in [1.165, 1.54) is 0 Å². The molecule has 1 aliphatic heterocycles. The topological polar surface area (TPSA) is 58.6 Å². The first-order valence-electron chi connectivity index (χ1n) is 11.3. The zero-order valence-electron chi connectivity index (χ0n) is 18.5. The molecule has 31 heavy (non-hydrogen) atoms. The number of benzene rings is 2. The second-order valence-corrected chi connectivity index (χ2v) is 8.78. The lowest BCUT2D eigenvalue weighted by Crippen LogP contribution is -2.63. The van der Waals surface area contributed by atoms with E-state index in [4.69, 9.17) is 4.74 Å². The molecule has 0 radical (unpaired) electrons. The van der Waals surface area contributed by atoms with Crippen molar-refractivity contribution in [2.45, 2.75) is 56.5 Å². The minimum atomic E-state index is -0.497. The maximum Gasteiger partial charge on any atom is 0.254 e. The third kappa shape index (κ3) is 3.99. The number of fused-ring (bicyclic) bond motifs is 1. The molecule has 0 saturated heterocycles. The highest BCUT2D eigenvalue weighted by Gasteiger charge is 2.54. The second kappa shape index (κ2) is 9.23. The Labute approximate surface area is 184 Å². The minimum Gasteiger partial charge on any atom is -0.383 e. The number of rotatable bonds is 6. The standard InChI is InChI=1S/C26H32N2O3/c1-19(20-11-5-3-6-12-20)27-24(29)23-21-13-7-8-14-22(21)25(30)28(17-18-31-2)26(23)15-9-4-10-16-26/h3,5-8,11-14,19,23H,4,9-10,15-18H2,1-2H3,(H,27,29)/t19-,23-/m0/s1. The largest absolute Gasteiger partial charge is 0.383 e. The Bertz CT molecular complexity index is 921. The third-order valence-corrected chi connectivity index (χ3v) is 6.98. The van der Waals surface area contributed by atoms with Crippen molar-refractivity contribution in [2.75, 3.05) is 20.3 Å². The highest BCUT2D eigenvalue weighted by molar-refractivity contribution is 6.02. The molecule has 1 heterocycles. The molecular formula is C26H32N2O3.